The largest absolute Gasteiger partial charge is 0.464 e. The van der Waals surface area contributed by atoms with E-state index in [9.17, 15) is 14.4 Å². The number of hydrogen-bond acceptors (Lipinski definition) is 5. The second-order valence-corrected chi connectivity index (χ2v) is 6.75. The molecule has 0 fully saturated rings. The highest BCUT2D eigenvalue weighted by Gasteiger charge is 2.48. The lowest BCUT2D eigenvalue weighted by molar-refractivity contribution is -0.167. The third kappa shape index (κ3) is 4.10. The molecule has 26 heavy (non-hydrogen) atoms. The molecule has 1 unspecified atom stereocenters. The van der Waals surface area contributed by atoms with Gasteiger partial charge in [-0.05, 0) is 43.6 Å². The number of allylic oxidation sites excluding steroid dienone is 6. The van der Waals surface area contributed by atoms with Gasteiger partial charge < -0.3 is 9.47 Å². The predicted molar refractivity (Wildman–Crippen MR) is 97.9 cm³/mol. The smallest absolute Gasteiger partial charge is 0.304 e. The van der Waals surface area contributed by atoms with E-state index in [0.717, 1.165) is 18.9 Å². The SMILES string of the molecule is CC[C@H](C)/C=C(C)/C=C/C1=CC2=CC(=O)C(C)(OC(C)=O)C(=O)C2=CO1. The van der Waals surface area contributed by atoms with E-state index >= 15 is 0 Å². The molecule has 2 atom stereocenters. The molecule has 5 nitrogen and oxygen atoms in total. The van der Waals surface area contributed by atoms with Gasteiger partial charge in [0.1, 0.15) is 12.0 Å². The molecule has 0 spiro atoms. The number of fused-ring (bicyclic) bond motifs is 1. The Labute approximate surface area is 153 Å². The van der Waals surface area contributed by atoms with Crippen LogP contribution in [0.1, 0.15) is 41.0 Å². The van der Waals surface area contributed by atoms with Crippen LogP contribution in [-0.4, -0.2) is 23.1 Å². The lowest BCUT2D eigenvalue weighted by Gasteiger charge is -2.30. The molecule has 5 heteroatoms. The number of hydrogen-bond donors (Lipinski definition) is 0. The van der Waals surface area contributed by atoms with Crippen molar-refractivity contribution in [2.75, 3.05) is 0 Å². The van der Waals surface area contributed by atoms with Crippen LogP contribution in [0, 0.1) is 5.92 Å². The summed E-state index contributed by atoms with van der Waals surface area (Å²) in [4.78, 5) is 36.2. The van der Waals surface area contributed by atoms with E-state index < -0.39 is 23.1 Å². The molecule has 0 aromatic heterocycles. The van der Waals surface area contributed by atoms with Crippen LogP contribution >= 0.6 is 0 Å². The number of carbonyl (C=O) groups is 3. The first kappa shape index (κ1) is 19.6. The van der Waals surface area contributed by atoms with Crippen LogP contribution in [0.4, 0.5) is 0 Å². The zero-order valence-corrected chi connectivity index (χ0v) is 15.8. The van der Waals surface area contributed by atoms with Crippen LogP contribution in [0.25, 0.3) is 0 Å². The van der Waals surface area contributed by atoms with Gasteiger partial charge in [0.25, 0.3) is 0 Å². The molecule has 0 saturated heterocycles. The summed E-state index contributed by atoms with van der Waals surface area (Å²) in [6.45, 7) is 8.74. The van der Waals surface area contributed by atoms with E-state index in [1.54, 1.807) is 12.2 Å². The van der Waals surface area contributed by atoms with Crippen molar-refractivity contribution >= 4 is 17.5 Å². The number of rotatable bonds is 5. The normalized spacial score (nSPS) is 24.3. The molecule has 0 aromatic carbocycles. The molecule has 0 bridgehead atoms. The van der Waals surface area contributed by atoms with Crippen molar-refractivity contribution in [3.05, 3.63) is 59.1 Å². The van der Waals surface area contributed by atoms with E-state index in [2.05, 4.69) is 19.9 Å². The van der Waals surface area contributed by atoms with Crippen LogP contribution in [-0.2, 0) is 23.9 Å². The van der Waals surface area contributed by atoms with Gasteiger partial charge in [-0.25, -0.2) is 0 Å². The molecule has 138 valence electrons. The fourth-order valence-electron chi connectivity index (χ4n) is 2.72. The van der Waals surface area contributed by atoms with Gasteiger partial charge in [-0.1, -0.05) is 38.0 Å². The number of Topliss-reactive ketones (excluding diaryl/α,β-unsaturated/α-hetero) is 1. The zero-order chi connectivity index (χ0) is 19.5. The fourth-order valence-corrected chi connectivity index (χ4v) is 2.72. The van der Waals surface area contributed by atoms with E-state index in [1.165, 1.54) is 19.3 Å². The van der Waals surface area contributed by atoms with Crippen molar-refractivity contribution in [3.63, 3.8) is 0 Å². The molecule has 0 N–H and O–H groups in total. The quantitative estimate of drug-likeness (QED) is 0.426. The standard InChI is InChI=1S/C21H24O5/c1-6-13(2)9-14(3)7-8-17-10-16-11-19(23)21(5,26-15(4)22)20(24)18(16)12-25-17/h7-13H,6H2,1-5H3/b8-7+,14-9+/t13-,21?/m0/s1. The highest BCUT2D eigenvalue weighted by Crippen LogP contribution is 2.33. The summed E-state index contributed by atoms with van der Waals surface area (Å²) >= 11 is 0. The maximum atomic E-state index is 12.6. The first-order valence-corrected chi connectivity index (χ1v) is 8.63. The van der Waals surface area contributed by atoms with Gasteiger partial charge in [-0.15, -0.1) is 0 Å². The molecule has 2 rings (SSSR count). The van der Waals surface area contributed by atoms with Gasteiger partial charge in [0.2, 0.25) is 17.2 Å². The summed E-state index contributed by atoms with van der Waals surface area (Å²) in [7, 11) is 0. The number of ether oxygens (including phenoxy) is 2. The van der Waals surface area contributed by atoms with Gasteiger partial charge in [0.15, 0.2) is 0 Å². The van der Waals surface area contributed by atoms with E-state index in [4.69, 9.17) is 9.47 Å². The van der Waals surface area contributed by atoms with Gasteiger partial charge in [0, 0.05) is 6.92 Å². The maximum Gasteiger partial charge on any atom is 0.304 e. The summed E-state index contributed by atoms with van der Waals surface area (Å²) in [5.41, 5.74) is -0.0521. The summed E-state index contributed by atoms with van der Waals surface area (Å²) in [5, 5.41) is 0. The molecule has 2 aliphatic rings. The van der Waals surface area contributed by atoms with Gasteiger partial charge in [-0.3, -0.25) is 14.4 Å². The van der Waals surface area contributed by atoms with Crippen molar-refractivity contribution in [3.8, 4) is 0 Å². The average Bonchev–Trinajstić information content (AvgIpc) is 2.57. The Hall–Kier alpha value is -2.69. The molecule has 0 aromatic rings. The second kappa shape index (κ2) is 7.68. The Morgan fingerprint density at radius 1 is 1.31 bits per heavy atom. The van der Waals surface area contributed by atoms with Crippen molar-refractivity contribution in [2.45, 2.75) is 46.6 Å². The van der Waals surface area contributed by atoms with Crippen LogP contribution in [0.15, 0.2) is 59.1 Å². The maximum absolute atomic E-state index is 12.6. The molecule has 1 aliphatic heterocycles. The number of esters is 1. The molecule has 0 saturated carbocycles. The van der Waals surface area contributed by atoms with Gasteiger partial charge >= 0.3 is 5.97 Å². The Balaban J connectivity index is 2.26. The predicted octanol–water partition coefficient (Wildman–Crippen LogP) is 3.73. The Bertz CT molecular complexity index is 791. The summed E-state index contributed by atoms with van der Waals surface area (Å²) in [5.74, 6) is -0.816. The van der Waals surface area contributed by atoms with Crippen LogP contribution in [0.5, 0.6) is 0 Å². The van der Waals surface area contributed by atoms with Crippen LogP contribution < -0.4 is 0 Å². The number of carbonyl (C=O) groups excluding carboxylic acids is 3. The minimum Gasteiger partial charge on any atom is -0.464 e. The van der Waals surface area contributed by atoms with Crippen molar-refractivity contribution in [1.29, 1.82) is 0 Å². The number of ketones is 2. The second-order valence-electron chi connectivity index (χ2n) is 6.75. The third-order valence-corrected chi connectivity index (χ3v) is 4.41. The van der Waals surface area contributed by atoms with Gasteiger partial charge in [-0.2, -0.15) is 0 Å². The first-order valence-electron chi connectivity index (χ1n) is 8.63. The first-order chi connectivity index (χ1) is 12.2. The topological polar surface area (TPSA) is 69.7 Å². The third-order valence-electron chi connectivity index (χ3n) is 4.41. The highest BCUT2D eigenvalue weighted by molar-refractivity contribution is 6.26. The molecule has 1 heterocycles. The van der Waals surface area contributed by atoms with E-state index in [0.29, 0.717) is 17.3 Å². The molecule has 0 radical (unpaired) electrons. The molecular formula is C21H24O5. The Kier molecular flexibility index (Phi) is 5.80. The van der Waals surface area contributed by atoms with Crippen molar-refractivity contribution in [1.82, 2.24) is 0 Å². The highest BCUT2D eigenvalue weighted by atomic mass is 16.6. The van der Waals surface area contributed by atoms with Crippen LogP contribution in [0.3, 0.4) is 0 Å². The van der Waals surface area contributed by atoms with Crippen LogP contribution in [0.2, 0.25) is 0 Å². The van der Waals surface area contributed by atoms with Crippen molar-refractivity contribution in [2.24, 2.45) is 5.92 Å². The minimum atomic E-state index is -1.83. The van der Waals surface area contributed by atoms with E-state index in [1.807, 2.05) is 13.0 Å². The fraction of sp³-hybridized carbons (Fsp3) is 0.381. The summed E-state index contributed by atoms with van der Waals surface area (Å²) in [6.07, 6.45) is 11.2. The molecule has 1 aliphatic carbocycles. The monoisotopic (exact) mass is 356 g/mol. The summed E-state index contributed by atoms with van der Waals surface area (Å²) < 4.78 is 10.5. The van der Waals surface area contributed by atoms with E-state index in [-0.39, 0.29) is 5.57 Å². The Morgan fingerprint density at radius 3 is 2.62 bits per heavy atom. The lowest BCUT2D eigenvalue weighted by atomic mass is 9.80. The van der Waals surface area contributed by atoms with Gasteiger partial charge in [0.05, 0.1) is 5.57 Å². The zero-order valence-electron chi connectivity index (χ0n) is 15.8. The minimum absolute atomic E-state index is 0.220. The molecule has 0 amide bonds. The summed E-state index contributed by atoms with van der Waals surface area (Å²) in [6, 6.07) is 0. The lowest BCUT2D eigenvalue weighted by Crippen LogP contribution is -2.50. The molecular weight excluding hydrogens is 332 g/mol. The van der Waals surface area contributed by atoms with Crippen molar-refractivity contribution < 1.29 is 23.9 Å². The Morgan fingerprint density at radius 2 is 2.00 bits per heavy atom. The average molecular weight is 356 g/mol.